The molecule has 0 saturated heterocycles. The summed E-state index contributed by atoms with van der Waals surface area (Å²) in [5.74, 6) is -0.256. The number of fused-ring (bicyclic) bond motifs is 1. The molecule has 2 heterocycles. The number of hydrogen-bond acceptors (Lipinski definition) is 4. The average Bonchev–Trinajstić information content (AvgIpc) is 3.12. The molecule has 0 radical (unpaired) electrons. The number of hydrogen-bond donors (Lipinski definition) is 1. The molecule has 3 aromatic rings. The fourth-order valence-electron chi connectivity index (χ4n) is 2.27. The van der Waals surface area contributed by atoms with Crippen LogP contribution >= 0.6 is 11.3 Å². The minimum absolute atomic E-state index is 0.134. The Balaban J connectivity index is 1.98. The van der Waals surface area contributed by atoms with Gasteiger partial charge in [0, 0.05) is 28.4 Å². The number of H-pyrrole nitrogens is 1. The standard InChI is InChI=1S/C15H14N2O2S/c1-9(14-17-13(8-20-14)15(18)19-2)11-7-16-12-6-4-3-5-10(11)12/h3-9,16H,1-2H3. The van der Waals surface area contributed by atoms with E-state index in [1.807, 2.05) is 24.4 Å². The molecule has 1 aromatic carbocycles. The third kappa shape index (κ3) is 2.10. The van der Waals surface area contributed by atoms with E-state index in [4.69, 9.17) is 0 Å². The second-order valence-electron chi connectivity index (χ2n) is 4.57. The number of methoxy groups -OCH3 is 1. The van der Waals surface area contributed by atoms with E-state index >= 15 is 0 Å². The summed E-state index contributed by atoms with van der Waals surface area (Å²) < 4.78 is 4.69. The molecule has 1 N–H and O–H groups in total. The number of aromatic nitrogens is 2. The lowest BCUT2D eigenvalue weighted by molar-refractivity contribution is 0.0594. The summed E-state index contributed by atoms with van der Waals surface area (Å²) in [4.78, 5) is 19.1. The topological polar surface area (TPSA) is 55.0 Å². The van der Waals surface area contributed by atoms with Gasteiger partial charge in [0.1, 0.15) is 5.01 Å². The molecule has 2 aromatic heterocycles. The number of ether oxygens (including phenoxy) is 1. The number of nitrogens with one attached hydrogen (secondary N) is 1. The van der Waals surface area contributed by atoms with Gasteiger partial charge in [0.15, 0.2) is 5.69 Å². The number of nitrogens with zero attached hydrogens (tertiary/aromatic N) is 1. The Morgan fingerprint density at radius 2 is 2.20 bits per heavy atom. The monoisotopic (exact) mass is 286 g/mol. The third-order valence-electron chi connectivity index (χ3n) is 3.37. The number of para-hydroxylation sites is 1. The first kappa shape index (κ1) is 12.9. The Hall–Kier alpha value is -2.14. The smallest absolute Gasteiger partial charge is 0.357 e. The fourth-order valence-corrected chi connectivity index (χ4v) is 3.13. The predicted octanol–water partition coefficient (Wildman–Crippen LogP) is 3.56. The van der Waals surface area contributed by atoms with E-state index in [1.165, 1.54) is 29.4 Å². The maximum Gasteiger partial charge on any atom is 0.357 e. The summed E-state index contributed by atoms with van der Waals surface area (Å²) in [5.41, 5.74) is 2.67. The largest absolute Gasteiger partial charge is 0.464 e. The number of esters is 1. The van der Waals surface area contributed by atoms with E-state index in [9.17, 15) is 4.79 Å². The summed E-state index contributed by atoms with van der Waals surface area (Å²) in [7, 11) is 1.37. The van der Waals surface area contributed by atoms with E-state index < -0.39 is 5.97 Å². The molecule has 1 atom stereocenters. The molecule has 0 aliphatic heterocycles. The zero-order chi connectivity index (χ0) is 14.1. The summed E-state index contributed by atoms with van der Waals surface area (Å²) in [5, 5.41) is 3.84. The van der Waals surface area contributed by atoms with Crippen LogP contribution < -0.4 is 0 Å². The van der Waals surface area contributed by atoms with Crippen LogP contribution in [-0.4, -0.2) is 23.0 Å². The van der Waals surface area contributed by atoms with Gasteiger partial charge in [-0.1, -0.05) is 25.1 Å². The lowest BCUT2D eigenvalue weighted by Crippen LogP contribution is -2.02. The molecule has 0 spiro atoms. The number of carbonyl (C=O) groups excluding carboxylic acids is 1. The van der Waals surface area contributed by atoms with Crippen molar-refractivity contribution in [2.24, 2.45) is 0 Å². The van der Waals surface area contributed by atoms with E-state index in [2.05, 4.69) is 27.7 Å². The van der Waals surface area contributed by atoms with Gasteiger partial charge in [0.05, 0.1) is 7.11 Å². The Kier molecular flexibility index (Phi) is 3.28. The van der Waals surface area contributed by atoms with Crippen molar-refractivity contribution in [3.63, 3.8) is 0 Å². The highest BCUT2D eigenvalue weighted by atomic mass is 32.1. The van der Waals surface area contributed by atoms with E-state index in [1.54, 1.807) is 5.38 Å². The summed E-state index contributed by atoms with van der Waals surface area (Å²) >= 11 is 1.48. The lowest BCUT2D eigenvalue weighted by Gasteiger charge is -2.06. The van der Waals surface area contributed by atoms with Crippen molar-refractivity contribution in [1.29, 1.82) is 0 Å². The first-order chi connectivity index (χ1) is 9.70. The Morgan fingerprint density at radius 3 is 3.00 bits per heavy atom. The van der Waals surface area contributed by atoms with Crippen LogP contribution in [0.3, 0.4) is 0 Å². The van der Waals surface area contributed by atoms with E-state index in [-0.39, 0.29) is 5.92 Å². The summed E-state index contributed by atoms with van der Waals surface area (Å²) in [6.45, 7) is 2.09. The van der Waals surface area contributed by atoms with Gasteiger partial charge in [-0.3, -0.25) is 0 Å². The second-order valence-corrected chi connectivity index (χ2v) is 5.46. The molecule has 5 heteroatoms. The number of carbonyl (C=O) groups is 1. The second kappa shape index (κ2) is 5.09. The van der Waals surface area contributed by atoms with Crippen molar-refractivity contribution in [1.82, 2.24) is 9.97 Å². The molecule has 102 valence electrons. The van der Waals surface area contributed by atoms with E-state index in [0.717, 1.165) is 10.5 Å². The van der Waals surface area contributed by atoms with Gasteiger partial charge < -0.3 is 9.72 Å². The first-order valence-electron chi connectivity index (χ1n) is 6.30. The van der Waals surface area contributed by atoms with Crippen molar-refractivity contribution >= 4 is 28.2 Å². The highest BCUT2D eigenvalue weighted by molar-refractivity contribution is 7.10. The van der Waals surface area contributed by atoms with Gasteiger partial charge in [-0.15, -0.1) is 11.3 Å². The number of benzene rings is 1. The molecule has 20 heavy (non-hydrogen) atoms. The summed E-state index contributed by atoms with van der Waals surface area (Å²) in [6.07, 6.45) is 2.01. The molecule has 0 bridgehead atoms. The maximum atomic E-state index is 11.5. The van der Waals surface area contributed by atoms with Gasteiger partial charge in [-0.05, 0) is 11.6 Å². The average molecular weight is 286 g/mol. The van der Waals surface area contributed by atoms with Gasteiger partial charge in [0.25, 0.3) is 0 Å². The lowest BCUT2D eigenvalue weighted by atomic mass is 10.0. The van der Waals surface area contributed by atoms with Crippen LogP contribution in [0.15, 0.2) is 35.8 Å². The highest BCUT2D eigenvalue weighted by Crippen LogP contribution is 2.32. The van der Waals surface area contributed by atoms with Crippen LogP contribution in [0.25, 0.3) is 10.9 Å². The fraction of sp³-hybridized carbons (Fsp3) is 0.200. The Bertz CT molecular complexity index is 760. The zero-order valence-electron chi connectivity index (χ0n) is 11.2. The molecule has 4 nitrogen and oxygen atoms in total. The van der Waals surface area contributed by atoms with Crippen molar-refractivity contribution in [3.8, 4) is 0 Å². The highest BCUT2D eigenvalue weighted by Gasteiger charge is 2.18. The van der Waals surface area contributed by atoms with Crippen LogP contribution in [0.4, 0.5) is 0 Å². The van der Waals surface area contributed by atoms with Crippen molar-refractivity contribution in [2.45, 2.75) is 12.8 Å². The van der Waals surface area contributed by atoms with Gasteiger partial charge in [-0.2, -0.15) is 0 Å². The van der Waals surface area contributed by atoms with Gasteiger partial charge in [-0.25, -0.2) is 9.78 Å². The molecule has 1 unspecified atom stereocenters. The first-order valence-corrected chi connectivity index (χ1v) is 7.18. The molecule has 0 aliphatic carbocycles. The van der Waals surface area contributed by atoms with E-state index in [0.29, 0.717) is 5.69 Å². The molecule has 0 aliphatic rings. The summed E-state index contributed by atoms with van der Waals surface area (Å²) in [6, 6.07) is 8.17. The minimum atomic E-state index is -0.390. The Labute approximate surface area is 120 Å². The number of thiazole rings is 1. The van der Waals surface area contributed by atoms with Crippen LogP contribution in [-0.2, 0) is 4.74 Å². The number of aromatic amines is 1. The SMILES string of the molecule is COC(=O)c1csc(C(C)c2c[nH]c3ccccc23)n1. The van der Waals surface area contributed by atoms with Gasteiger partial charge >= 0.3 is 5.97 Å². The molecular weight excluding hydrogens is 272 g/mol. The zero-order valence-corrected chi connectivity index (χ0v) is 12.0. The van der Waals surface area contributed by atoms with Crippen LogP contribution in [0.2, 0.25) is 0 Å². The minimum Gasteiger partial charge on any atom is -0.464 e. The molecular formula is C15H14N2O2S. The quantitative estimate of drug-likeness (QED) is 0.749. The molecule has 3 rings (SSSR count). The van der Waals surface area contributed by atoms with Crippen molar-refractivity contribution in [3.05, 3.63) is 52.1 Å². The van der Waals surface area contributed by atoms with Crippen molar-refractivity contribution < 1.29 is 9.53 Å². The van der Waals surface area contributed by atoms with Crippen LogP contribution in [0.5, 0.6) is 0 Å². The number of rotatable bonds is 3. The normalized spacial score (nSPS) is 12.5. The van der Waals surface area contributed by atoms with Gasteiger partial charge in [0.2, 0.25) is 0 Å². The molecule has 0 amide bonds. The molecule has 0 saturated carbocycles. The van der Waals surface area contributed by atoms with Crippen LogP contribution in [0, 0.1) is 0 Å². The maximum absolute atomic E-state index is 11.5. The van der Waals surface area contributed by atoms with Crippen molar-refractivity contribution in [2.75, 3.05) is 7.11 Å². The predicted molar refractivity (Wildman–Crippen MR) is 79.3 cm³/mol. The van der Waals surface area contributed by atoms with Crippen LogP contribution in [0.1, 0.15) is 33.9 Å². The molecule has 0 fully saturated rings. The third-order valence-corrected chi connectivity index (χ3v) is 4.40. The Morgan fingerprint density at radius 1 is 1.40 bits per heavy atom.